The number of carbonyl (C=O) groups excluding carboxylic acids is 1. The number of aliphatic hydroxyl groups is 1. The van der Waals surface area contributed by atoms with Crippen molar-refractivity contribution < 1.29 is 14.6 Å². The average Bonchev–Trinajstić information content (AvgIpc) is 2.62. The molecule has 2 rings (SSSR count). The molecule has 0 atom stereocenters. The first kappa shape index (κ1) is 18.8. The van der Waals surface area contributed by atoms with E-state index in [4.69, 9.17) is 9.84 Å². The van der Waals surface area contributed by atoms with Crippen LogP contribution in [0.15, 0.2) is 42.5 Å². The Bertz CT molecular complexity index is 681. The summed E-state index contributed by atoms with van der Waals surface area (Å²) >= 11 is 0. The van der Waals surface area contributed by atoms with E-state index in [1.54, 1.807) is 12.1 Å². The molecule has 25 heavy (non-hydrogen) atoms. The number of para-hydroxylation sites is 1. The monoisotopic (exact) mass is 342 g/mol. The molecule has 0 unspecified atom stereocenters. The van der Waals surface area contributed by atoms with Crippen molar-refractivity contribution in [1.29, 1.82) is 0 Å². The van der Waals surface area contributed by atoms with Crippen molar-refractivity contribution in [1.82, 2.24) is 5.32 Å². The third kappa shape index (κ3) is 5.80. The van der Waals surface area contributed by atoms with Crippen LogP contribution in [0.4, 0.5) is 5.69 Å². The molecule has 0 aliphatic rings. The lowest BCUT2D eigenvalue weighted by Gasteiger charge is -2.12. The van der Waals surface area contributed by atoms with Crippen LogP contribution in [0, 0.1) is 13.8 Å². The molecule has 0 saturated heterocycles. The number of nitrogens with one attached hydrogen (secondary N) is 2. The van der Waals surface area contributed by atoms with Crippen LogP contribution in [0.1, 0.15) is 27.9 Å². The summed E-state index contributed by atoms with van der Waals surface area (Å²) in [5, 5.41) is 14.7. The Labute approximate surface area is 149 Å². The van der Waals surface area contributed by atoms with Gasteiger partial charge >= 0.3 is 0 Å². The summed E-state index contributed by atoms with van der Waals surface area (Å²) in [5.74, 6) is 0.779. The molecule has 0 heterocycles. The van der Waals surface area contributed by atoms with E-state index < -0.39 is 0 Å². The third-order valence-corrected chi connectivity index (χ3v) is 3.83. The van der Waals surface area contributed by atoms with Crippen molar-refractivity contribution >= 4 is 11.6 Å². The van der Waals surface area contributed by atoms with E-state index in [-0.39, 0.29) is 19.1 Å². The fraction of sp³-hybridized carbons (Fsp3) is 0.350. The first-order valence-corrected chi connectivity index (χ1v) is 8.54. The summed E-state index contributed by atoms with van der Waals surface area (Å²) in [4.78, 5) is 11.9. The van der Waals surface area contributed by atoms with Crippen LogP contribution in [0.25, 0.3) is 0 Å². The molecular weight excluding hydrogens is 316 g/mol. The zero-order chi connectivity index (χ0) is 18.1. The molecule has 0 spiro atoms. The minimum Gasteiger partial charge on any atom is -0.493 e. The first-order valence-electron chi connectivity index (χ1n) is 8.54. The molecule has 2 aromatic rings. The molecule has 2 aromatic carbocycles. The Morgan fingerprint density at radius 2 is 1.80 bits per heavy atom. The van der Waals surface area contributed by atoms with Crippen LogP contribution in [-0.2, 0) is 0 Å². The van der Waals surface area contributed by atoms with Gasteiger partial charge in [-0.15, -0.1) is 0 Å². The van der Waals surface area contributed by atoms with E-state index in [0.717, 1.165) is 35.5 Å². The first-order chi connectivity index (χ1) is 12.1. The highest BCUT2D eigenvalue weighted by Crippen LogP contribution is 2.22. The van der Waals surface area contributed by atoms with Crippen LogP contribution in [0.3, 0.4) is 0 Å². The van der Waals surface area contributed by atoms with Gasteiger partial charge < -0.3 is 20.5 Å². The highest BCUT2D eigenvalue weighted by atomic mass is 16.5. The third-order valence-electron chi connectivity index (χ3n) is 3.83. The van der Waals surface area contributed by atoms with Gasteiger partial charge in [0, 0.05) is 24.3 Å². The topological polar surface area (TPSA) is 70.6 Å². The highest BCUT2D eigenvalue weighted by molar-refractivity contribution is 5.95. The second kappa shape index (κ2) is 9.69. The summed E-state index contributed by atoms with van der Waals surface area (Å²) in [6, 6.07) is 13.4. The Kier molecular flexibility index (Phi) is 7.29. The average molecular weight is 342 g/mol. The van der Waals surface area contributed by atoms with E-state index in [9.17, 15) is 4.79 Å². The fourth-order valence-electron chi connectivity index (χ4n) is 2.55. The Morgan fingerprint density at radius 1 is 1.08 bits per heavy atom. The minimum absolute atomic E-state index is 0.0654. The smallest absolute Gasteiger partial charge is 0.251 e. The molecule has 134 valence electrons. The predicted molar refractivity (Wildman–Crippen MR) is 100 cm³/mol. The normalized spacial score (nSPS) is 10.4. The van der Waals surface area contributed by atoms with Gasteiger partial charge in [-0.2, -0.15) is 0 Å². The number of hydrogen-bond donors (Lipinski definition) is 3. The molecule has 5 nitrogen and oxygen atoms in total. The second-order valence-corrected chi connectivity index (χ2v) is 5.91. The Morgan fingerprint density at radius 3 is 2.52 bits per heavy atom. The van der Waals surface area contributed by atoms with Gasteiger partial charge in [-0.3, -0.25) is 4.79 Å². The van der Waals surface area contributed by atoms with E-state index in [1.165, 1.54) is 0 Å². The van der Waals surface area contributed by atoms with Crippen molar-refractivity contribution in [2.24, 2.45) is 0 Å². The summed E-state index contributed by atoms with van der Waals surface area (Å²) in [6.07, 6.45) is 0.856. The molecule has 0 aromatic heterocycles. The zero-order valence-corrected chi connectivity index (χ0v) is 14.8. The molecule has 0 aliphatic carbocycles. The lowest BCUT2D eigenvalue weighted by Crippen LogP contribution is -2.26. The molecule has 0 saturated carbocycles. The predicted octanol–water partition coefficient (Wildman–Crippen LogP) is 2.91. The molecular formula is C20H26N2O3. The number of carbonyl (C=O) groups is 1. The van der Waals surface area contributed by atoms with Crippen LogP contribution in [0.2, 0.25) is 0 Å². The maximum atomic E-state index is 11.9. The number of amides is 1. The van der Waals surface area contributed by atoms with E-state index in [2.05, 4.69) is 10.6 Å². The van der Waals surface area contributed by atoms with Gasteiger partial charge in [0.15, 0.2) is 0 Å². The summed E-state index contributed by atoms with van der Waals surface area (Å²) in [6.45, 7) is 5.68. The molecule has 3 N–H and O–H groups in total. The molecule has 0 fully saturated rings. The zero-order valence-electron chi connectivity index (χ0n) is 14.8. The fourth-order valence-corrected chi connectivity index (χ4v) is 2.55. The maximum Gasteiger partial charge on any atom is 0.251 e. The second-order valence-electron chi connectivity index (χ2n) is 5.91. The van der Waals surface area contributed by atoms with Crippen LogP contribution >= 0.6 is 0 Å². The van der Waals surface area contributed by atoms with E-state index in [0.29, 0.717) is 12.2 Å². The Balaban J connectivity index is 1.77. The largest absolute Gasteiger partial charge is 0.493 e. The van der Waals surface area contributed by atoms with Gasteiger partial charge in [0.1, 0.15) is 5.75 Å². The van der Waals surface area contributed by atoms with Crippen LogP contribution in [-0.4, -0.2) is 37.3 Å². The quantitative estimate of drug-likeness (QED) is 0.613. The number of anilines is 1. The SMILES string of the molecule is Cc1cccc(C)c1OCCCNc1cccc(C(=O)NCCO)c1. The molecule has 0 radical (unpaired) electrons. The number of aryl methyl sites for hydroxylation is 2. The number of rotatable bonds is 9. The lowest BCUT2D eigenvalue weighted by molar-refractivity contribution is 0.0945. The van der Waals surface area contributed by atoms with Crippen molar-refractivity contribution in [3.8, 4) is 5.75 Å². The lowest BCUT2D eigenvalue weighted by atomic mass is 10.1. The maximum absolute atomic E-state index is 11.9. The van der Waals surface area contributed by atoms with Gasteiger partial charge in [-0.05, 0) is 49.6 Å². The van der Waals surface area contributed by atoms with E-state index >= 15 is 0 Å². The molecule has 0 bridgehead atoms. The Hall–Kier alpha value is -2.53. The van der Waals surface area contributed by atoms with Crippen molar-refractivity contribution in [2.45, 2.75) is 20.3 Å². The molecule has 1 amide bonds. The number of benzene rings is 2. The standard InChI is InChI=1S/C20H26N2O3/c1-15-6-3-7-16(2)19(15)25-13-5-10-21-18-9-4-8-17(14-18)20(24)22-11-12-23/h3-4,6-9,14,21,23H,5,10-13H2,1-2H3,(H,22,24). The van der Waals surface area contributed by atoms with Gasteiger partial charge in [-0.1, -0.05) is 24.3 Å². The molecule has 5 heteroatoms. The number of hydrogen-bond acceptors (Lipinski definition) is 4. The summed E-state index contributed by atoms with van der Waals surface area (Å²) in [5.41, 5.74) is 3.76. The summed E-state index contributed by atoms with van der Waals surface area (Å²) < 4.78 is 5.88. The van der Waals surface area contributed by atoms with Gasteiger partial charge in [-0.25, -0.2) is 0 Å². The van der Waals surface area contributed by atoms with Gasteiger partial charge in [0.05, 0.1) is 13.2 Å². The highest BCUT2D eigenvalue weighted by Gasteiger charge is 2.05. The van der Waals surface area contributed by atoms with Crippen molar-refractivity contribution in [2.75, 3.05) is 31.6 Å². The number of aliphatic hydroxyl groups excluding tert-OH is 1. The number of ether oxygens (including phenoxy) is 1. The van der Waals surface area contributed by atoms with E-state index in [1.807, 2.05) is 44.2 Å². The van der Waals surface area contributed by atoms with Gasteiger partial charge in [0.25, 0.3) is 5.91 Å². The van der Waals surface area contributed by atoms with Crippen molar-refractivity contribution in [3.63, 3.8) is 0 Å². The van der Waals surface area contributed by atoms with Gasteiger partial charge in [0.2, 0.25) is 0 Å². The minimum atomic E-state index is -0.184. The van der Waals surface area contributed by atoms with Crippen LogP contribution in [0.5, 0.6) is 5.75 Å². The van der Waals surface area contributed by atoms with Crippen LogP contribution < -0.4 is 15.4 Å². The summed E-state index contributed by atoms with van der Waals surface area (Å²) in [7, 11) is 0. The van der Waals surface area contributed by atoms with Crippen molar-refractivity contribution in [3.05, 3.63) is 59.2 Å². The molecule has 0 aliphatic heterocycles.